The molecule has 7 aliphatic rings. The van der Waals surface area contributed by atoms with Gasteiger partial charge in [0.15, 0.2) is 17.3 Å². The van der Waals surface area contributed by atoms with Crippen LogP contribution in [0.25, 0.3) is 0 Å². The van der Waals surface area contributed by atoms with Crippen molar-refractivity contribution in [2.24, 2.45) is 38.1 Å². The minimum Gasteiger partial charge on any atom is -0.875 e. The molecule has 3 fully saturated rings. The number of aryl methyl sites for hydroxylation is 1. The van der Waals surface area contributed by atoms with Gasteiger partial charge in [0.25, 0.3) is 0 Å². The summed E-state index contributed by atoms with van der Waals surface area (Å²) in [4.78, 5) is 18.3. The number of ether oxygens (including phenoxy) is 1. The molecule has 5 aliphatic carbocycles. The van der Waals surface area contributed by atoms with E-state index >= 15 is 0 Å². The topological polar surface area (TPSA) is 215 Å². The molecule has 3 aromatic carbocycles. The van der Waals surface area contributed by atoms with E-state index in [0.29, 0.717) is 91.0 Å². The lowest BCUT2D eigenvalue weighted by Gasteiger charge is -2.53. The third-order valence-corrected chi connectivity index (χ3v) is 19.7. The molecule has 11 nitrogen and oxygen atoms in total. The van der Waals surface area contributed by atoms with Crippen molar-refractivity contribution in [3.63, 3.8) is 0 Å². The minimum absolute atomic E-state index is 0.0178. The molecule has 10 rings (SSSR count). The molecule has 8 bridgehead atoms. The van der Waals surface area contributed by atoms with Gasteiger partial charge in [-0.1, -0.05) is 76.1 Å². The van der Waals surface area contributed by atoms with E-state index in [1.807, 2.05) is 18.2 Å². The zero-order valence-electron chi connectivity index (χ0n) is 40.2. The molecular weight excluding hydrogens is 931 g/mol. The van der Waals surface area contributed by atoms with Crippen LogP contribution in [0.2, 0.25) is 0 Å². The lowest BCUT2D eigenvalue weighted by atomic mass is 9.52. The molecule has 13 heteroatoms. The second-order valence-corrected chi connectivity index (χ2v) is 24.1. The molecule has 0 radical (unpaired) electrons. The van der Waals surface area contributed by atoms with Crippen LogP contribution in [-0.4, -0.2) is 67.7 Å². The van der Waals surface area contributed by atoms with Crippen LogP contribution in [0, 0.1) is 45.3 Å². The van der Waals surface area contributed by atoms with E-state index in [1.165, 1.54) is 0 Å². The molecule has 2 aliphatic heterocycles. The molecule has 0 aromatic heterocycles. The molecule has 372 valence electrons. The molecule has 7 atom stereocenters. The van der Waals surface area contributed by atoms with E-state index < -0.39 is 34.6 Å². The van der Waals surface area contributed by atoms with Gasteiger partial charge in [-0.05, 0) is 151 Å². The van der Waals surface area contributed by atoms with Crippen LogP contribution < -0.4 is 21.3 Å². The lowest BCUT2D eigenvalue weighted by Crippen LogP contribution is -2.52. The first-order valence-electron chi connectivity index (χ1n) is 25.2. The first-order valence-corrected chi connectivity index (χ1v) is 27.7. The van der Waals surface area contributed by atoms with Crippen LogP contribution in [0.4, 0.5) is 0 Å². The predicted octanol–water partition coefficient (Wildman–Crippen LogP) is 7.83. The van der Waals surface area contributed by atoms with E-state index in [-0.39, 0.29) is 66.3 Å². The highest BCUT2D eigenvalue weighted by atomic mass is 33.1. The number of hydrogen-bond acceptors (Lipinski definition) is 13. The number of phenols is 2. The van der Waals surface area contributed by atoms with E-state index in [9.17, 15) is 35.4 Å². The van der Waals surface area contributed by atoms with Crippen LogP contribution in [0.15, 0.2) is 89.3 Å². The molecule has 0 spiro atoms. The average molecular weight is 995 g/mol. The number of fused-ring (bicyclic) bond motifs is 7. The fourth-order valence-electron chi connectivity index (χ4n) is 13.3. The van der Waals surface area contributed by atoms with Crippen molar-refractivity contribution in [2.75, 3.05) is 19.0 Å². The lowest BCUT2D eigenvalue weighted by molar-refractivity contribution is -0.307. The van der Waals surface area contributed by atoms with Crippen molar-refractivity contribution >= 4 is 33.1 Å². The summed E-state index contributed by atoms with van der Waals surface area (Å²) >= 11 is 0. The second-order valence-electron chi connectivity index (χ2n) is 21.6. The van der Waals surface area contributed by atoms with Gasteiger partial charge in [0.05, 0.1) is 43.2 Å². The first-order chi connectivity index (χ1) is 34.2. The van der Waals surface area contributed by atoms with Gasteiger partial charge in [-0.15, -0.1) is 11.7 Å². The van der Waals surface area contributed by atoms with Gasteiger partial charge in [0.1, 0.15) is 5.75 Å². The maximum atomic E-state index is 14.3. The third-order valence-electron chi connectivity index (χ3n) is 17.2. The van der Waals surface area contributed by atoms with Gasteiger partial charge in [0, 0.05) is 64.8 Å². The summed E-state index contributed by atoms with van der Waals surface area (Å²) < 4.78 is 6.18. The normalized spacial score (nSPS) is 32.3. The Morgan fingerprint density at radius 2 is 1.73 bits per heavy atom. The Labute approximate surface area is 424 Å². The number of nitrogens with two attached hydrogens (primary N) is 2. The van der Waals surface area contributed by atoms with Crippen LogP contribution in [-0.2, 0) is 23.4 Å². The maximum absolute atomic E-state index is 14.3. The molecular formula is C58H64N3O8S2-. The van der Waals surface area contributed by atoms with Gasteiger partial charge >= 0.3 is 0 Å². The van der Waals surface area contributed by atoms with Crippen molar-refractivity contribution in [1.29, 1.82) is 0 Å². The number of aliphatic hydroxyl groups is 3. The minimum atomic E-state index is -1.16. The zero-order valence-corrected chi connectivity index (χ0v) is 41.8. The maximum Gasteiger partial charge on any atom is 0.161 e. The summed E-state index contributed by atoms with van der Waals surface area (Å²) in [7, 11) is 3.33. The number of aliphatic imine (C=N–C) groups is 1. The summed E-state index contributed by atoms with van der Waals surface area (Å²) in [6.45, 7) is -0.0799. The van der Waals surface area contributed by atoms with Crippen molar-refractivity contribution < 1.29 is 40.2 Å². The first kappa shape index (κ1) is 49.6. The summed E-state index contributed by atoms with van der Waals surface area (Å²) in [6.07, 6.45) is 14.7. The summed E-state index contributed by atoms with van der Waals surface area (Å²) in [5.41, 5.74) is 16.7. The SMILES string of the molecule is NC(N)c1cc2c3cc1CSSC[C@@]14CC#C[C@]56CCC[C@@]5(CC[C@@](/C=C/C(=O)CCc5ccc(O)c(c5)OCCc5ccc(O)c(c5)[C@@H]3CC([O-])=C3C=CN=C3CC#C2)(C[C@H]1O)C4)C[C@](O)(CO)CC6. The van der Waals surface area contributed by atoms with Gasteiger partial charge in [-0.25, -0.2) is 0 Å². The van der Waals surface area contributed by atoms with Crippen molar-refractivity contribution in [2.45, 2.75) is 132 Å². The van der Waals surface area contributed by atoms with Gasteiger partial charge in [0.2, 0.25) is 0 Å². The number of benzene rings is 3. The quantitative estimate of drug-likeness (QED) is 0.0744. The summed E-state index contributed by atoms with van der Waals surface area (Å²) in [5, 5.41) is 71.3. The fourth-order valence-corrected chi connectivity index (χ4v) is 16.0. The highest BCUT2D eigenvalue weighted by Gasteiger charge is 2.62. The molecule has 3 saturated carbocycles. The molecule has 3 aromatic rings. The standard InChI is InChI=1S/C58H65N3O8S2/c59-53(60)44-28-39-4-1-5-47-42(13-24-61-47)50(66)30-45-43(39)29-40(44)32-70-71-36-55-15-2-16-56-17-3-18-57(56,34-58(68,35-62)23-22-56)21-20-54(33-55,31-52(55)67)19-12-41(63)9-6-37-8-11-49(65)51(27-37)69-25-14-38-7-10-48(64)46(45)26-38/h7-8,10-13,19,24,26-29,45,52-53,62,64-68H,3,5-6,9,14-15,17-18,20-23,25,30-36,59-60H2/p-1/b19-12+,50-42?/t45-,52-,54+,55+,56-,57-,58+/m1/s1. The number of allylic oxidation sites excluding steroid dienone is 5. The fraction of sp³-hybridized carbons (Fsp3) is 0.483. The number of ketones is 1. The molecule has 71 heavy (non-hydrogen) atoms. The Bertz CT molecular complexity index is 2870. The summed E-state index contributed by atoms with van der Waals surface area (Å²) in [5.74, 6) is 14.8. The van der Waals surface area contributed by atoms with Gasteiger partial charge < -0.3 is 46.8 Å². The molecule has 0 amide bonds. The van der Waals surface area contributed by atoms with Gasteiger partial charge in [-0.2, -0.15) is 0 Å². The van der Waals surface area contributed by atoms with Crippen LogP contribution in [0.5, 0.6) is 17.2 Å². The number of rotatable bonds is 2. The molecule has 9 N–H and O–H groups in total. The van der Waals surface area contributed by atoms with Crippen molar-refractivity contribution in [3.8, 4) is 40.9 Å². The average Bonchev–Trinajstić information content (AvgIpc) is 4.05. The Morgan fingerprint density at radius 1 is 0.901 bits per heavy atom. The highest BCUT2D eigenvalue weighted by molar-refractivity contribution is 8.76. The number of aliphatic hydroxyl groups excluding tert-OH is 2. The smallest absolute Gasteiger partial charge is 0.161 e. The van der Waals surface area contributed by atoms with Crippen molar-refractivity contribution in [1.82, 2.24) is 0 Å². The highest BCUT2D eigenvalue weighted by Crippen LogP contribution is 2.67. The third kappa shape index (κ3) is 9.72. The number of hydrogen-bond donors (Lipinski definition) is 7. The Balaban J connectivity index is 1.05. The van der Waals surface area contributed by atoms with Crippen molar-refractivity contribution in [3.05, 3.63) is 123 Å². The zero-order chi connectivity index (χ0) is 49.6. The Morgan fingerprint density at radius 3 is 2.56 bits per heavy atom. The van der Waals surface area contributed by atoms with E-state index in [0.717, 1.165) is 59.9 Å². The van der Waals surface area contributed by atoms with E-state index in [2.05, 4.69) is 40.8 Å². The Hall–Kier alpha value is -4.96. The second kappa shape index (κ2) is 19.8. The van der Waals surface area contributed by atoms with Crippen LogP contribution in [0.1, 0.15) is 141 Å². The number of aromatic hydroxyl groups is 2. The number of carbonyl (C=O) groups is 1. The van der Waals surface area contributed by atoms with E-state index in [4.69, 9.17) is 16.2 Å². The van der Waals surface area contributed by atoms with Crippen LogP contribution >= 0.6 is 21.6 Å². The van der Waals surface area contributed by atoms with Gasteiger partial charge in [-0.3, -0.25) is 9.79 Å². The molecule has 2 heterocycles. The number of nitrogens with zero attached hydrogens (tertiary/aromatic N) is 1. The largest absolute Gasteiger partial charge is 0.875 e. The predicted molar refractivity (Wildman–Crippen MR) is 277 cm³/mol. The molecule has 0 unspecified atom stereocenters. The number of carbonyl (C=O) groups excluding carboxylic acids is 1. The Kier molecular flexibility index (Phi) is 13.8. The summed E-state index contributed by atoms with van der Waals surface area (Å²) in [6, 6.07) is 14.5. The van der Waals surface area contributed by atoms with Crippen LogP contribution in [0.3, 0.4) is 0 Å². The number of phenolic OH excluding ortho intramolecular Hbond substituents is 2. The van der Waals surface area contributed by atoms with E-state index in [1.54, 1.807) is 64.2 Å². The monoisotopic (exact) mass is 994 g/mol. The molecule has 0 saturated heterocycles.